The van der Waals surface area contributed by atoms with Gasteiger partial charge in [0.25, 0.3) is 0 Å². The van der Waals surface area contributed by atoms with Crippen LogP contribution in [0.3, 0.4) is 0 Å². The van der Waals surface area contributed by atoms with Crippen molar-refractivity contribution in [3.63, 3.8) is 0 Å². The zero-order chi connectivity index (χ0) is 110. The summed E-state index contributed by atoms with van der Waals surface area (Å²) in [6, 6.07) is 17.8. The van der Waals surface area contributed by atoms with Crippen LogP contribution in [0.4, 0.5) is 0 Å². The van der Waals surface area contributed by atoms with Crippen LogP contribution in [0.2, 0.25) is 0 Å². The molecule has 12 rings (SSSR count). The molecule has 0 aromatic heterocycles. The minimum absolute atomic E-state index is 0. The summed E-state index contributed by atoms with van der Waals surface area (Å²) in [4.78, 5) is 51.5. The summed E-state index contributed by atoms with van der Waals surface area (Å²) < 4.78 is 28.1. The molecule has 0 amide bonds. The van der Waals surface area contributed by atoms with Gasteiger partial charge in [-0.25, -0.2) is 0 Å². The second kappa shape index (κ2) is 55.6. The van der Waals surface area contributed by atoms with Crippen molar-refractivity contribution in [2.45, 2.75) is 549 Å². The smallest absolute Gasteiger partial charge is 0.545 e. The van der Waals surface area contributed by atoms with Gasteiger partial charge in [-0.2, -0.15) is 0 Å². The van der Waals surface area contributed by atoms with E-state index in [1.54, 1.807) is 0 Å². The van der Waals surface area contributed by atoms with Crippen LogP contribution in [-0.2, 0) is 46.7 Å². The molecule has 0 radical (unpaired) electrons. The maximum atomic E-state index is 12.9. The van der Waals surface area contributed by atoms with Crippen LogP contribution >= 0.6 is 0 Å². The van der Waals surface area contributed by atoms with Gasteiger partial charge in [0.15, 0.2) is 0 Å². The molecule has 0 saturated carbocycles. The Morgan fingerprint density at radius 1 is 0.181 bits per heavy atom. The summed E-state index contributed by atoms with van der Waals surface area (Å²) in [5.74, 6) is 8.57. The zero-order valence-corrected chi connectivity index (χ0v) is 102. The zero-order valence-electron chi connectivity index (χ0n) is 100. The summed E-state index contributed by atoms with van der Waals surface area (Å²) in [7, 11) is 0. The maximum Gasteiger partial charge on any atom is 4.00 e. The molecular formula is C136H196MoO12. The molecule has 4 heterocycles. The van der Waals surface area contributed by atoms with Crippen molar-refractivity contribution in [1.82, 2.24) is 0 Å². The first-order valence-corrected chi connectivity index (χ1v) is 59.4. The molecule has 0 aliphatic carbocycles. The van der Waals surface area contributed by atoms with E-state index < -0.39 is 23.9 Å². The van der Waals surface area contributed by atoms with Crippen molar-refractivity contribution in [1.29, 1.82) is 0 Å². The van der Waals surface area contributed by atoms with Crippen LogP contribution in [0.25, 0.3) is 0 Å². The number of hydrogen-bond acceptors (Lipinski definition) is 12. The molecule has 0 fully saturated rings. The quantitative estimate of drug-likeness (QED) is 0.0328. The van der Waals surface area contributed by atoms with Crippen molar-refractivity contribution in [2.75, 3.05) is 0 Å². The molecular weight excluding hydrogens is 1920 g/mol. The predicted molar refractivity (Wildman–Crippen MR) is 614 cm³/mol. The third-order valence-electron chi connectivity index (χ3n) is 37.3. The van der Waals surface area contributed by atoms with Crippen LogP contribution in [0, 0.1) is 0 Å². The van der Waals surface area contributed by atoms with Gasteiger partial charge in [-0.1, -0.05) is 325 Å². The Kier molecular flexibility index (Phi) is 46.9. The normalized spacial score (nSPS) is 16.6. The monoisotopic (exact) mass is 2120 g/mol. The third kappa shape index (κ3) is 25.2. The van der Waals surface area contributed by atoms with Gasteiger partial charge in [-0.3, -0.25) is 0 Å². The second-order valence-corrected chi connectivity index (χ2v) is 46.4. The van der Waals surface area contributed by atoms with Crippen LogP contribution in [0.1, 0.15) is 721 Å². The summed E-state index contributed by atoms with van der Waals surface area (Å²) in [6.07, 6.45) is 21.9. The first-order chi connectivity index (χ1) is 70.3. The van der Waals surface area contributed by atoms with Crippen molar-refractivity contribution in [3.05, 3.63) is 227 Å². The Morgan fingerprint density at radius 3 is 0.430 bits per heavy atom. The molecule has 4 aliphatic rings. The van der Waals surface area contributed by atoms with Gasteiger partial charge < -0.3 is 58.6 Å². The number of rotatable bonds is 44. The molecule has 8 aromatic carbocycles. The molecule has 12 nitrogen and oxygen atoms in total. The topological polar surface area (TPSA) is 197 Å². The van der Waals surface area contributed by atoms with Crippen molar-refractivity contribution in [3.8, 4) is 46.0 Å². The SMILES string of the molecule is CCC(C)c1ccc2c(c1C(C)CC)Oc1c(c(C(=O)[O-])c(C(C)CC)c(C(C)CC)c1C(C)CC)C2.CCC(C)c1ccc2c(c1C(C)CC)Oc1c(c(C(=O)[O-])c(C(C)CC)c(C(C)CC)c1C(C)CC)C2.CCC(C)c1ccc2c(c1C(C)CC)Oc1c(c(C(=O)[O-])c(C(C)CC)c(C(C)CC)c1C(C)CC)C2.CCC(C)c1ccc2c(c1C(C)CC)Oc1c(c(C(=O)[O-])c(C(C)CC)c(C(C)CC)c1C(C)CC)C2.[Mo+4]. The minimum Gasteiger partial charge on any atom is -0.545 e. The summed E-state index contributed by atoms with van der Waals surface area (Å²) >= 11 is 0. The van der Waals surface area contributed by atoms with E-state index in [1.165, 1.54) is 89.0 Å². The van der Waals surface area contributed by atoms with Gasteiger partial charge in [-0.15, -0.1) is 0 Å². The molecule has 4 aliphatic heterocycles. The summed E-state index contributed by atoms with van der Waals surface area (Å²) in [5, 5.41) is 51.5. The number of aromatic carboxylic acids is 4. The van der Waals surface area contributed by atoms with E-state index in [0.29, 0.717) is 95.3 Å². The molecule has 149 heavy (non-hydrogen) atoms. The average molecular weight is 2120 g/mol. The first-order valence-electron chi connectivity index (χ1n) is 59.4. The third-order valence-corrected chi connectivity index (χ3v) is 37.3. The van der Waals surface area contributed by atoms with Gasteiger partial charge in [0.05, 0.1) is 23.9 Å². The van der Waals surface area contributed by atoms with Gasteiger partial charge >= 0.3 is 21.1 Å². The number of ether oxygens (including phenoxy) is 4. The predicted octanol–water partition coefficient (Wildman–Crippen LogP) is 37.3. The summed E-state index contributed by atoms with van der Waals surface area (Å²) in [6.45, 7) is 89.1. The van der Waals surface area contributed by atoms with Crippen molar-refractivity contribution < 1.29 is 79.6 Å². The molecule has 0 spiro atoms. The van der Waals surface area contributed by atoms with E-state index in [0.717, 1.165) is 241 Å². The van der Waals surface area contributed by atoms with E-state index in [-0.39, 0.29) is 92.1 Å². The number of benzene rings is 8. The fourth-order valence-corrected chi connectivity index (χ4v) is 24.3. The second-order valence-electron chi connectivity index (χ2n) is 46.4. The van der Waals surface area contributed by atoms with E-state index in [1.807, 2.05) is 0 Å². The number of hydrogen-bond donors (Lipinski definition) is 0. The fraction of sp³-hybridized carbons (Fsp3) is 0.618. The fourth-order valence-electron chi connectivity index (χ4n) is 24.3. The number of carbonyl (C=O) groups excluding carboxylic acids is 4. The largest absolute Gasteiger partial charge is 4.00 e. The Bertz CT molecular complexity index is 5240. The number of carboxylic acids is 4. The molecule has 0 N–H and O–H groups in total. The average Bonchev–Trinajstić information content (AvgIpc) is 0.731. The molecule has 818 valence electrons. The van der Waals surface area contributed by atoms with Crippen LogP contribution in [0.5, 0.6) is 46.0 Å². The van der Waals surface area contributed by atoms with Gasteiger partial charge in [0.2, 0.25) is 0 Å². The molecule has 8 aromatic rings. The Labute approximate surface area is 919 Å². The Morgan fingerprint density at radius 2 is 0.302 bits per heavy atom. The van der Waals surface area contributed by atoms with Crippen molar-refractivity contribution in [2.24, 2.45) is 0 Å². The number of carboxylic acid groups (broad SMARTS) is 4. The van der Waals surface area contributed by atoms with Crippen LogP contribution < -0.4 is 39.4 Å². The number of carbonyl (C=O) groups is 4. The van der Waals surface area contributed by atoms with Gasteiger partial charge in [-0.05, 0) is 336 Å². The van der Waals surface area contributed by atoms with Gasteiger partial charge in [0.1, 0.15) is 46.0 Å². The first kappa shape index (κ1) is 126. The van der Waals surface area contributed by atoms with Crippen molar-refractivity contribution >= 4 is 23.9 Å². The molecule has 20 unspecified atom stereocenters. The van der Waals surface area contributed by atoms with E-state index >= 15 is 0 Å². The minimum atomic E-state index is -1.07. The Hall–Kier alpha value is -8.47. The number of fused-ring (bicyclic) bond motifs is 8. The molecule has 13 heteroatoms. The molecule has 0 bridgehead atoms. The van der Waals surface area contributed by atoms with Crippen LogP contribution in [-0.4, -0.2) is 23.9 Å². The molecule has 0 saturated heterocycles. The van der Waals surface area contributed by atoms with E-state index in [9.17, 15) is 39.6 Å². The molecule has 20 atom stereocenters. The Balaban J connectivity index is 0.000000241. The van der Waals surface area contributed by atoms with Crippen LogP contribution in [0.15, 0.2) is 48.5 Å². The van der Waals surface area contributed by atoms with E-state index in [2.05, 4.69) is 325 Å². The maximum absolute atomic E-state index is 12.9. The van der Waals surface area contributed by atoms with Gasteiger partial charge in [0, 0.05) is 115 Å². The summed E-state index contributed by atoms with van der Waals surface area (Å²) in [5.41, 5.74) is 33.5. The standard InChI is InChI=1S/4C34H50O3.Mo/c4*1-11-19(6)25-17-16-24-18-26-31(34(35)36)29(22(9)14-4)28(21(8)13-3)30(23(10)15-5)33(26)37-32(24)27(25)20(7)12-2;/h4*16-17,19-23H,11-15,18H2,1-10H3,(H,35,36);/q;;;;+4/p-4. The van der Waals surface area contributed by atoms with E-state index in [4.69, 9.17) is 18.9 Å².